The molecule has 0 saturated carbocycles. The average Bonchev–Trinajstić information content (AvgIpc) is 2.20. The van der Waals surface area contributed by atoms with Gasteiger partial charge in [-0.3, -0.25) is 9.59 Å². The molecular weight excluding hydrogens is 378 g/mol. The van der Waals surface area contributed by atoms with Crippen molar-refractivity contribution in [3.05, 3.63) is 38.6 Å². The maximum atomic E-state index is 10.0. The molecule has 0 bridgehead atoms. The molecule has 0 saturated heterocycles. The molecule has 0 aromatic carbocycles. The van der Waals surface area contributed by atoms with Crippen LogP contribution in [0.15, 0.2) is 12.5 Å². The van der Waals surface area contributed by atoms with E-state index in [0.29, 0.717) is 6.41 Å². The fourth-order valence-electron chi connectivity index (χ4n) is 0.476. The molecule has 0 fully saturated rings. The molecule has 1 aromatic rings. The molecule has 1 rings (SSSR count). The minimum absolute atomic E-state index is 0. The van der Waals surface area contributed by atoms with Gasteiger partial charge in [-0.05, 0) is 6.33 Å². The third-order valence-corrected chi connectivity index (χ3v) is 1.08. The molecule has 0 aliphatic heterocycles. The van der Waals surface area contributed by atoms with Crippen molar-refractivity contribution in [1.82, 2.24) is 15.3 Å². The van der Waals surface area contributed by atoms with Crippen molar-refractivity contribution in [3.8, 4) is 0 Å². The van der Waals surface area contributed by atoms with E-state index in [1.54, 1.807) is 6.20 Å². The van der Waals surface area contributed by atoms with Gasteiger partial charge in [0.05, 0.1) is 0 Å². The van der Waals surface area contributed by atoms with Crippen LogP contribution >= 0.6 is 0 Å². The van der Waals surface area contributed by atoms with Crippen LogP contribution in [0.3, 0.4) is 0 Å². The third-order valence-electron chi connectivity index (χ3n) is 1.08. The molecule has 1 heterocycles. The minimum atomic E-state index is -0.352. The van der Waals surface area contributed by atoms with Gasteiger partial charge in [0.15, 0.2) is 5.91 Å². The Morgan fingerprint density at radius 3 is 2.50 bits per heavy atom. The number of hydrogen-bond acceptors (Lipinski definition) is 4. The third kappa shape index (κ3) is 12.9. The van der Waals surface area contributed by atoms with Crippen molar-refractivity contribution in [1.29, 1.82) is 0 Å². The van der Waals surface area contributed by atoms with Crippen LogP contribution in [-0.2, 0) is 30.7 Å². The van der Waals surface area contributed by atoms with Crippen LogP contribution in [0.1, 0.15) is 12.0 Å². The number of carbonyl (C=O) groups excluding carboxylic acids is 2. The number of aryl methyl sites for hydroxylation is 1. The number of rotatable bonds is 2. The molecule has 0 unspecified atom stereocenters. The van der Waals surface area contributed by atoms with E-state index >= 15 is 0 Å². The zero-order chi connectivity index (χ0) is 10.8. The molecule has 1 N–H and O–H groups in total. The fourth-order valence-corrected chi connectivity index (χ4v) is 0.476. The molecule has 90 valence electrons. The second-order valence-corrected chi connectivity index (χ2v) is 2.25. The van der Waals surface area contributed by atoms with E-state index in [2.05, 4.69) is 23.1 Å². The van der Waals surface area contributed by atoms with Crippen LogP contribution in [0, 0.1) is 27.5 Å². The Bertz CT molecular complexity index is 281. The summed E-state index contributed by atoms with van der Waals surface area (Å²) in [5.74, 6) is -0.352. The largest absolute Gasteiger partial charge is 0.376 e. The topological polar surface area (TPSA) is 72.0 Å². The van der Waals surface area contributed by atoms with Gasteiger partial charge in [0.2, 0.25) is 6.41 Å². The Labute approximate surface area is 110 Å². The van der Waals surface area contributed by atoms with Gasteiger partial charge in [-0.15, -0.1) is 12.0 Å². The molecule has 16 heavy (non-hydrogen) atoms. The minimum Gasteiger partial charge on any atom is -0.376 e. The predicted molar refractivity (Wildman–Crippen MR) is 56.2 cm³/mol. The van der Waals surface area contributed by atoms with E-state index in [9.17, 15) is 9.59 Å². The first-order valence-corrected chi connectivity index (χ1v) is 3.87. The Hall–Kier alpha value is -1.09. The summed E-state index contributed by atoms with van der Waals surface area (Å²) < 4.78 is 0. The second-order valence-electron chi connectivity index (χ2n) is 2.25. The summed E-state index contributed by atoms with van der Waals surface area (Å²) in [6, 6.07) is 0. The van der Waals surface area contributed by atoms with E-state index in [-0.39, 0.29) is 40.8 Å². The van der Waals surface area contributed by atoms with Crippen LogP contribution in [0.25, 0.3) is 0 Å². The number of hydrogen-bond donors (Lipinski definition) is 1. The van der Waals surface area contributed by atoms with Gasteiger partial charge in [-0.1, -0.05) is 19.3 Å². The normalized spacial score (nSPS) is 7.12. The van der Waals surface area contributed by atoms with Crippen LogP contribution in [0.2, 0.25) is 0 Å². The van der Waals surface area contributed by atoms with Gasteiger partial charge in [0.25, 0.3) is 0 Å². The van der Waals surface area contributed by atoms with Crippen LogP contribution in [0.4, 0.5) is 0 Å². The van der Waals surface area contributed by atoms with Crippen LogP contribution < -0.4 is 5.32 Å². The van der Waals surface area contributed by atoms with E-state index in [1.165, 1.54) is 6.33 Å². The van der Waals surface area contributed by atoms with Crippen molar-refractivity contribution >= 4 is 12.3 Å². The molecule has 0 radical (unpaired) electrons. The van der Waals surface area contributed by atoms with E-state index < -0.39 is 0 Å². The van der Waals surface area contributed by atoms with Gasteiger partial charge < -0.3 is 29.6 Å². The molecule has 0 atom stereocenters. The van der Waals surface area contributed by atoms with Gasteiger partial charge in [-0.25, -0.2) is 0 Å². The second kappa shape index (κ2) is 13.9. The number of aromatic nitrogens is 2. The average molecular weight is 392 g/mol. The van der Waals surface area contributed by atoms with Crippen molar-refractivity contribution in [2.24, 2.45) is 0 Å². The summed E-state index contributed by atoms with van der Waals surface area (Å²) >= 11 is 0. The molecule has 0 spiro atoms. The van der Waals surface area contributed by atoms with E-state index in [0.717, 1.165) is 5.56 Å². The molecule has 0 aliphatic carbocycles. The molecule has 1 aromatic heterocycles. The van der Waals surface area contributed by atoms with E-state index in [1.807, 2.05) is 12.2 Å². The van der Waals surface area contributed by atoms with Crippen LogP contribution in [-0.4, -0.2) is 22.3 Å². The molecule has 5 nitrogen and oxygen atoms in total. The summed E-state index contributed by atoms with van der Waals surface area (Å²) in [7, 11) is 0. The number of imide groups is 1. The Morgan fingerprint density at radius 1 is 1.69 bits per heavy atom. The summed E-state index contributed by atoms with van der Waals surface area (Å²) in [4.78, 5) is 26.8. The summed E-state index contributed by atoms with van der Waals surface area (Å²) in [5.41, 5.74) is 0.975. The molecule has 0 aliphatic rings. The van der Waals surface area contributed by atoms with Gasteiger partial charge >= 0.3 is 0 Å². The SMILES string of the molecule is Cc1[c-]ncnc1.[CH2-]CC(=O)NC=O.[CH3-].[W]. The quantitative estimate of drug-likeness (QED) is 0.589. The zero-order valence-corrected chi connectivity index (χ0v) is 12.2. The number of carbonyl (C=O) groups is 2. The number of nitrogens with one attached hydrogen (secondary N) is 1. The Kier molecular flexibility index (Phi) is 17.7. The van der Waals surface area contributed by atoms with Crippen molar-refractivity contribution in [2.75, 3.05) is 0 Å². The van der Waals surface area contributed by atoms with Gasteiger partial charge in [0.1, 0.15) is 0 Å². The summed E-state index contributed by atoms with van der Waals surface area (Å²) in [6.07, 6.45) is 6.35. The van der Waals surface area contributed by atoms with Crippen molar-refractivity contribution in [3.63, 3.8) is 0 Å². The maximum absolute atomic E-state index is 10.0. The first kappa shape index (κ1) is 20.3. The van der Waals surface area contributed by atoms with Gasteiger partial charge in [-0.2, -0.15) is 0 Å². The standard InChI is InChI=1S/C5H5N2.C4H6NO2.CH3.W/c1-5-2-6-4-7-3-5;1-2-4(7)5-3-6;;/h2,4H,1H3;3H,1-2H2,(H,5,6,7);1H3;/q3*-1;. The van der Waals surface area contributed by atoms with Crippen molar-refractivity contribution in [2.45, 2.75) is 13.3 Å². The number of amides is 2. The molecule has 6 heteroatoms. The van der Waals surface area contributed by atoms with Gasteiger partial charge in [0, 0.05) is 21.1 Å². The van der Waals surface area contributed by atoms with E-state index in [4.69, 9.17) is 0 Å². The fraction of sp³-hybridized carbons (Fsp3) is 0.200. The smallest absolute Gasteiger partial charge is 0.213 e. The first-order valence-electron chi connectivity index (χ1n) is 3.87. The number of nitrogens with zero attached hydrogens (tertiary/aromatic N) is 2. The monoisotopic (exact) mass is 392 g/mol. The predicted octanol–water partition coefficient (Wildman–Crippen LogP) is 0.516. The van der Waals surface area contributed by atoms with Crippen LogP contribution in [0.5, 0.6) is 0 Å². The maximum Gasteiger partial charge on any atom is 0.213 e. The zero-order valence-electron chi connectivity index (χ0n) is 9.27. The van der Waals surface area contributed by atoms with Crippen molar-refractivity contribution < 1.29 is 30.7 Å². The Morgan fingerprint density at radius 2 is 2.31 bits per heavy atom. The summed E-state index contributed by atoms with van der Waals surface area (Å²) in [5, 5.41) is 1.91. The summed E-state index contributed by atoms with van der Waals surface area (Å²) in [6.45, 7) is 5.14. The molecule has 2 amide bonds. The first-order chi connectivity index (χ1) is 6.70. The molecular formula is C10H14N3O2W-3. The Balaban J connectivity index is -0.000000188.